The molecule has 6 nitrogen and oxygen atoms in total. The van der Waals surface area contributed by atoms with Crippen LogP contribution in [-0.4, -0.2) is 32.1 Å². The number of rotatable bonds is 3. The number of halogens is 1. The van der Waals surface area contributed by atoms with Crippen molar-refractivity contribution >= 4 is 32.9 Å². The van der Waals surface area contributed by atoms with Crippen LogP contribution >= 0.6 is 15.9 Å². The largest absolute Gasteiger partial charge is 0.507 e. The van der Waals surface area contributed by atoms with Gasteiger partial charge in [0, 0.05) is 11.4 Å². The zero-order chi connectivity index (χ0) is 13.3. The molecule has 96 valence electrons. The number of benzene rings is 1. The third kappa shape index (κ3) is 2.40. The molecule has 3 N–H and O–H groups in total. The van der Waals surface area contributed by atoms with E-state index in [0.717, 1.165) is 10.9 Å². The van der Waals surface area contributed by atoms with Crippen molar-refractivity contribution in [3.63, 3.8) is 0 Å². The van der Waals surface area contributed by atoms with Gasteiger partial charge in [0.1, 0.15) is 5.75 Å². The summed E-state index contributed by atoms with van der Waals surface area (Å²) in [5.74, 6) is 0.128. The molecule has 1 aromatic heterocycles. The molecule has 2 rings (SSSR count). The Balaban J connectivity index is 2.34. The molecule has 1 amide bonds. The van der Waals surface area contributed by atoms with Gasteiger partial charge in [0.05, 0.1) is 22.7 Å². The molecule has 0 saturated carbocycles. The summed E-state index contributed by atoms with van der Waals surface area (Å²) in [5.41, 5.74) is 0.744. The Morgan fingerprint density at radius 1 is 1.61 bits per heavy atom. The van der Waals surface area contributed by atoms with Crippen LogP contribution in [0.15, 0.2) is 22.8 Å². The molecule has 18 heavy (non-hydrogen) atoms. The van der Waals surface area contributed by atoms with Crippen molar-refractivity contribution < 1.29 is 15.0 Å². The predicted molar refractivity (Wildman–Crippen MR) is 69.7 cm³/mol. The fraction of sp³-hybridized carbons (Fsp3) is 0.273. The Bertz CT molecular complexity index is 596. The summed E-state index contributed by atoms with van der Waals surface area (Å²) in [6.45, 7) is 2.14. The Kier molecular flexibility index (Phi) is 3.42. The first-order chi connectivity index (χ1) is 8.49. The Hall–Kier alpha value is -1.76. The van der Waals surface area contributed by atoms with Crippen molar-refractivity contribution in [2.24, 2.45) is 0 Å². The second kappa shape index (κ2) is 4.85. The highest BCUT2D eigenvalue weighted by atomic mass is 79.9. The lowest BCUT2D eigenvalue weighted by Crippen LogP contribution is -2.34. The van der Waals surface area contributed by atoms with Crippen LogP contribution in [0.2, 0.25) is 0 Å². The van der Waals surface area contributed by atoms with Crippen molar-refractivity contribution in [3.05, 3.63) is 22.8 Å². The average Bonchev–Trinajstić information content (AvgIpc) is 2.66. The zero-order valence-electron chi connectivity index (χ0n) is 9.59. The lowest BCUT2D eigenvalue weighted by Gasteiger charge is -2.12. The molecular formula is C11H12BrN3O3. The zero-order valence-corrected chi connectivity index (χ0v) is 11.2. The van der Waals surface area contributed by atoms with Gasteiger partial charge in [0.15, 0.2) is 0 Å². The lowest BCUT2D eigenvalue weighted by atomic mass is 10.2. The topological polar surface area (TPSA) is 87.4 Å². The van der Waals surface area contributed by atoms with E-state index in [1.165, 1.54) is 0 Å². The Morgan fingerprint density at radius 2 is 2.33 bits per heavy atom. The van der Waals surface area contributed by atoms with Gasteiger partial charge >= 0.3 is 6.09 Å². The summed E-state index contributed by atoms with van der Waals surface area (Å²) >= 11 is 3.30. The molecule has 0 radical (unpaired) electrons. The maximum atomic E-state index is 10.5. The van der Waals surface area contributed by atoms with Gasteiger partial charge in [0.2, 0.25) is 0 Å². The van der Waals surface area contributed by atoms with E-state index in [2.05, 4.69) is 26.3 Å². The van der Waals surface area contributed by atoms with Gasteiger partial charge in [-0.25, -0.2) is 4.79 Å². The minimum absolute atomic E-state index is 0.128. The fourth-order valence-corrected chi connectivity index (χ4v) is 2.35. The fourth-order valence-electron chi connectivity index (χ4n) is 1.78. The number of amides is 1. The Morgan fingerprint density at radius 3 is 3.00 bits per heavy atom. The first kappa shape index (κ1) is 12.7. The number of hydrogen-bond acceptors (Lipinski definition) is 3. The highest BCUT2D eigenvalue weighted by Gasteiger charge is 2.13. The molecule has 0 bridgehead atoms. The molecule has 2 aromatic rings. The van der Waals surface area contributed by atoms with E-state index in [1.54, 1.807) is 29.9 Å². The van der Waals surface area contributed by atoms with E-state index in [9.17, 15) is 9.90 Å². The maximum absolute atomic E-state index is 10.5. The van der Waals surface area contributed by atoms with E-state index in [4.69, 9.17) is 5.11 Å². The van der Waals surface area contributed by atoms with Crippen molar-refractivity contribution in [3.8, 4) is 5.75 Å². The highest BCUT2D eigenvalue weighted by Crippen LogP contribution is 2.32. The molecule has 1 atom stereocenters. The quantitative estimate of drug-likeness (QED) is 0.810. The van der Waals surface area contributed by atoms with Crippen molar-refractivity contribution in [1.29, 1.82) is 0 Å². The normalized spacial score (nSPS) is 12.6. The molecule has 1 heterocycles. The SMILES string of the molecule is C[C@@H](Cn1ncc2ccc(O)c(Br)c21)NC(=O)O. The third-order valence-electron chi connectivity index (χ3n) is 2.54. The summed E-state index contributed by atoms with van der Waals surface area (Å²) in [7, 11) is 0. The number of aromatic nitrogens is 2. The summed E-state index contributed by atoms with van der Waals surface area (Å²) < 4.78 is 2.21. The molecule has 0 saturated heterocycles. The van der Waals surface area contributed by atoms with E-state index in [0.29, 0.717) is 11.0 Å². The van der Waals surface area contributed by atoms with Crippen LogP contribution < -0.4 is 5.32 Å². The molecule has 0 aliphatic rings. The molecule has 0 unspecified atom stereocenters. The van der Waals surface area contributed by atoms with Crippen LogP contribution in [0.1, 0.15) is 6.92 Å². The number of phenolic OH excluding ortho intramolecular Hbond substituents is 1. The van der Waals surface area contributed by atoms with Crippen molar-refractivity contribution in [2.75, 3.05) is 0 Å². The minimum Gasteiger partial charge on any atom is -0.507 e. The summed E-state index contributed by atoms with van der Waals surface area (Å²) in [5, 5.41) is 25.7. The smallest absolute Gasteiger partial charge is 0.404 e. The van der Waals surface area contributed by atoms with Gasteiger partial charge in [-0.3, -0.25) is 4.68 Å². The summed E-state index contributed by atoms with van der Waals surface area (Å²) in [4.78, 5) is 10.5. The van der Waals surface area contributed by atoms with Gasteiger partial charge in [-0.1, -0.05) is 0 Å². The van der Waals surface area contributed by atoms with Crippen molar-refractivity contribution in [2.45, 2.75) is 19.5 Å². The predicted octanol–water partition coefficient (Wildman–Crippen LogP) is 2.16. The van der Waals surface area contributed by atoms with Crippen LogP contribution in [-0.2, 0) is 6.54 Å². The van der Waals surface area contributed by atoms with Crippen LogP contribution in [0.3, 0.4) is 0 Å². The number of aromatic hydroxyl groups is 1. The molecular weight excluding hydrogens is 302 g/mol. The second-order valence-corrected chi connectivity index (χ2v) is 4.81. The van der Waals surface area contributed by atoms with Crippen molar-refractivity contribution in [1.82, 2.24) is 15.1 Å². The number of carbonyl (C=O) groups is 1. The third-order valence-corrected chi connectivity index (χ3v) is 3.32. The van der Waals surface area contributed by atoms with Crippen LogP contribution in [0, 0.1) is 0 Å². The van der Waals surface area contributed by atoms with Crippen LogP contribution in [0.4, 0.5) is 4.79 Å². The Labute approximate surface area is 111 Å². The molecule has 0 fully saturated rings. The molecule has 1 aromatic carbocycles. The number of carboxylic acid groups (broad SMARTS) is 1. The number of hydrogen-bond donors (Lipinski definition) is 3. The monoisotopic (exact) mass is 313 g/mol. The lowest BCUT2D eigenvalue weighted by molar-refractivity contribution is 0.189. The summed E-state index contributed by atoms with van der Waals surface area (Å²) in [6.07, 6.45) is 0.605. The van der Waals surface area contributed by atoms with Gasteiger partial charge < -0.3 is 15.5 Å². The average molecular weight is 314 g/mol. The maximum Gasteiger partial charge on any atom is 0.404 e. The van der Waals surface area contributed by atoms with Gasteiger partial charge in [-0.05, 0) is 35.0 Å². The number of nitrogens with one attached hydrogen (secondary N) is 1. The van der Waals surface area contributed by atoms with E-state index >= 15 is 0 Å². The minimum atomic E-state index is -1.07. The highest BCUT2D eigenvalue weighted by molar-refractivity contribution is 9.10. The standard InChI is InChI=1S/C11H12BrN3O3/c1-6(14-11(17)18)5-15-10-7(4-13-15)2-3-8(16)9(10)12/h2-4,6,14,16H,5H2,1H3,(H,17,18)/t6-/m0/s1. The molecule has 7 heteroatoms. The first-order valence-corrected chi connectivity index (χ1v) is 6.10. The number of fused-ring (bicyclic) bond motifs is 1. The van der Waals surface area contributed by atoms with Gasteiger partial charge in [0.25, 0.3) is 0 Å². The molecule has 0 aliphatic carbocycles. The van der Waals surface area contributed by atoms with E-state index in [-0.39, 0.29) is 11.8 Å². The second-order valence-electron chi connectivity index (χ2n) is 4.01. The number of nitrogens with zero attached hydrogens (tertiary/aromatic N) is 2. The van der Waals surface area contributed by atoms with E-state index < -0.39 is 6.09 Å². The first-order valence-electron chi connectivity index (χ1n) is 5.31. The van der Waals surface area contributed by atoms with E-state index in [1.807, 2.05) is 0 Å². The van der Waals surface area contributed by atoms with Gasteiger partial charge in [-0.2, -0.15) is 5.10 Å². The molecule has 0 aliphatic heterocycles. The number of phenols is 1. The summed E-state index contributed by atoms with van der Waals surface area (Å²) in [6, 6.07) is 3.06. The van der Waals surface area contributed by atoms with Gasteiger partial charge in [-0.15, -0.1) is 0 Å². The van der Waals surface area contributed by atoms with Crippen LogP contribution in [0.25, 0.3) is 10.9 Å². The van der Waals surface area contributed by atoms with Crippen LogP contribution in [0.5, 0.6) is 5.75 Å². The molecule has 0 spiro atoms.